The number of rotatable bonds is 10. The number of benzene rings is 3. The molecule has 10 heteroatoms. The zero-order valence-electron chi connectivity index (χ0n) is 22.3. The Hall–Kier alpha value is -3.89. The van der Waals surface area contributed by atoms with Gasteiger partial charge in [-0.15, -0.1) is 0 Å². The van der Waals surface area contributed by atoms with Gasteiger partial charge in [-0.25, -0.2) is 8.42 Å². The van der Waals surface area contributed by atoms with Crippen molar-refractivity contribution in [3.05, 3.63) is 83.9 Å². The van der Waals surface area contributed by atoms with Crippen molar-refractivity contribution in [1.29, 1.82) is 0 Å². The second kappa shape index (κ2) is 12.3. The lowest BCUT2D eigenvalue weighted by Gasteiger charge is -2.35. The van der Waals surface area contributed by atoms with E-state index in [1.807, 2.05) is 30.3 Å². The second-order valence-electron chi connectivity index (χ2n) is 9.17. The summed E-state index contributed by atoms with van der Waals surface area (Å²) < 4.78 is 39.1. The molecule has 0 aliphatic carbocycles. The number of hydrogen-bond donors (Lipinski definition) is 1. The summed E-state index contributed by atoms with van der Waals surface area (Å²) >= 11 is 0. The van der Waals surface area contributed by atoms with E-state index in [-0.39, 0.29) is 30.4 Å². The molecule has 2 amide bonds. The number of para-hydroxylation sites is 2. The molecular weight excluding hydrogens is 518 g/mol. The molecule has 1 N–H and O–H groups in total. The van der Waals surface area contributed by atoms with E-state index in [1.165, 1.54) is 24.1 Å². The summed E-state index contributed by atoms with van der Waals surface area (Å²) in [5, 5.41) is 2.89. The van der Waals surface area contributed by atoms with Crippen molar-refractivity contribution in [2.45, 2.75) is 31.3 Å². The highest BCUT2D eigenvalue weighted by atomic mass is 32.2. The molecule has 0 bridgehead atoms. The van der Waals surface area contributed by atoms with Crippen LogP contribution in [0.5, 0.6) is 11.5 Å². The number of nitrogens with zero attached hydrogens (tertiary/aromatic N) is 2. The van der Waals surface area contributed by atoms with Crippen molar-refractivity contribution < 1.29 is 27.5 Å². The average Bonchev–Trinajstić information content (AvgIpc) is 2.95. The van der Waals surface area contributed by atoms with E-state index < -0.39 is 22.0 Å². The lowest BCUT2D eigenvalue weighted by Crippen LogP contribution is -2.53. The van der Waals surface area contributed by atoms with Crippen LogP contribution < -0.4 is 19.7 Å². The number of anilines is 1. The maximum Gasteiger partial charge on any atom is 0.262 e. The average molecular weight is 552 g/mol. The van der Waals surface area contributed by atoms with Crippen LogP contribution in [0.2, 0.25) is 0 Å². The monoisotopic (exact) mass is 551 g/mol. The Bertz CT molecular complexity index is 1430. The molecule has 9 nitrogen and oxygen atoms in total. The molecule has 0 aromatic heterocycles. The predicted octanol–water partition coefficient (Wildman–Crippen LogP) is 3.17. The fourth-order valence-electron chi connectivity index (χ4n) is 4.46. The third-order valence-corrected chi connectivity index (χ3v) is 8.51. The molecule has 1 aliphatic heterocycles. The number of amides is 2. The van der Waals surface area contributed by atoms with Crippen LogP contribution in [0.3, 0.4) is 0 Å². The number of aryl methyl sites for hydroxylation is 1. The molecule has 0 saturated carbocycles. The molecule has 0 fully saturated rings. The fraction of sp³-hybridized carbons (Fsp3) is 0.310. The quantitative estimate of drug-likeness (QED) is 0.415. The van der Waals surface area contributed by atoms with Crippen LogP contribution in [0.25, 0.3) is 0 Å². The summed E-state index contributed by atoms with van der Waals surface area (Å²) in [4.78, 5) is 28.0. The second-order valence-corrected chi connectivity index (χ2v) is 11.1. The van der Waals surface area contributed by atoms with Crippen LogP contribution in [0.4, 0.5) is 5.69 Å². The largest absolute Gasteiger partial charge is 0.496 e. The summed E-state index contributed by atoms with van der Waals surface area (Å²) in [6.45, 7) is 3.52. The van der Waals surface area contributed by atoms with Crippen molar-refractivity contribution in [3.8, 4) is 11.5 Å². The van der Waals surface area contributed by atoms with Gasteiger partial charge in [0, 0.05) is 13.1 Å². The molecular formula is C29H33N3O6S. The third kappa shape index (κ3) is 6.40. The fourth-order valence-corrected chi connectivity index (χ4v) is 5.94. The van der Waals surface area contributed by atoms with Crippen LogP contribution in [0, 0.1) is 6.92 Å². The van der Waals surface area contributed by atoms with Gasteiger partial charge in [-0.05, 0) is 54.8 Å². The van der Waals surface area contributed by atoms with Crippen molar-refractivity contribution in [2.75, 3.05) is 38.2 Å². The van der Waals surface area contributed by atoms with E-state index in [9.17, 15) is 18.0 Å². The number of nitrogens with one attached hydrogen (secondary N) is 1. The zero-order valence-corrected chi connectivity index (χ0v) is 23.1. The molecule has 3 aromatic rings. The number of sulfonamides is 1. The Morgan fingerprint density at radius 3 is 2.49 bits per heavy atom. The van der Waals surface area contributed by atoms with Crippen molar-refractivity contribution in [1.82, 2.24) is 9.62 Å². The lowest BCUT2D eigenvalue weighted by atomic mass is 10.1. The molecule has 3 aromatic carbocycles. The van der Waals surface area contributed by atoms with Crippen molar-refractivity contribution >= 4 is 27.5 Å². The first-order valence-corrected chi connectivity index (χ1v) is 14.2. The van der Waals surface area contributed by atoms with Crippen molar-refractivity contribution in [2.24, 2.45) is 0 Å². The molecule has 1 atom stereocenters. The number of carbonyl (C=O) groups is 2. The minimum atomic E-state index is -3.96. The van der Waals surface area contributed by atoms with E-state index in [0.717, 1.165) is 9.87 Å². The molecule has 0 saturated heterocycles. The standard InChI is InChI=1S/C29H33N3O6S/c1-4-31(39(35,36)23-14-15-25(37-3)21(2)18-23)20-28(33)32-19-27(38-26-13-9-8-12-24(26)32)29(34)30-17-16-22-10-6-5-7-11-22/h5-15,18,27H,4,16-17,19-20H2,1-3H3,(H,30,34)/t27-/m1/s1. The molecule has 4 rings (SSSR count). The number of carbonyl (C=O) groups excluding carboxylic acids is 2. The maximum absolute atomic E-state index is 13.6. The normalized spacial score (nSPS) is 14.9. The highest BCUT2D eigenvalue weighted by molar-refractivity contribution is 7.89. The molecule has 206 valence electrons. The van der Waals surface area contributed by atoms with Crippen molar-refractivity contribution in [3.63, 3.8) is 0 Å². The predicted molar refractivity (Wildman–Crippen MR) is 149 cm³/mol. The van der Waals surface area contributed by atoms with Crippen LogP contribution in [0.15, 0.2) is 77.7 Å². The first-order valence-electron chi connectivity index (χ1n) is 12.8. The first kappa shape index (κ1) is 28.1. The van der Waals surface area contributed by atoms with Gasteiger partial charge in [-0.1, -0.05) is 49.4 Å². The van der Waals surface area contributed by atoms with Gasteiger partial charge in [0.2, 0.25) is 15.9 Å². The van der Waals surface area contributed by atoms with Gasteiger partial charge in [-0.3, -0.25) is 9.59 Å². The number of hydrogen-bond acceptors (Lipinski definition) is 6. The van der Waals surface area contributed by atoms with E-state index >= 15 is 0 Å². The third-order valence-electron chi connectivity index (χ3n) is 6.59. The van der Waals surface area contributed by atoms with Crippen LogP contribution >= 0.6 is 0 Å². The highest BCUT2D eigenvalue weighted by Crippen LogP contribution is 2.33. The number of ether oxygens (including phenoxy) is 2. The molecule has 0 unspecified atom stereocenters. The van der Waals surface area contributed by atoms with E-state index in [2.05, 4.69) is 5.32 Å². The van der Waals surface area contributed by atoms with Gasteiger partial charge in [0.25, 0.3) is 5.91 Å². The van der Waals surface area contributed by atoms with Gasteiger partial charge in [0.15, 0.2) is 6.10 Å². The minimum Gasteiger partial charge on any atom is -0.496 e. The topological polar surface area (TPSA) is 105 Å². The summed E-state index contributed by atoms with van der Waals surface area (Å²) in [5.74, 6) is 0.165. The van der Waals surface area contributed by atoms with Gasteiger partial charge in [0.1, 0.15) is 11.5 Å². The molecule has 0 spiro atoms. The van der Waals surface area contributed by atoms with E-state index in [1.54, 1.807) is 44.2 Å². The lowest BCUT2D eigenvalue weighted by molar-refractivity contribution is -0.128. The Morgan fingerprint density at radius 1 is 1.08 bits per heavy atom. The SMILES string of the molecule is CCN(CC(=O)N1C[C@H](C(=O)NCCc2ccccc2)Oc2ccccc21)S(=O)(=O)c1ccc(OC)c(C)c1. The van der Waals surface area contributed by atoms with Gasteiger partial charge < -0.3 is 19.7 Å². The van der Waals surface area contributed by atoms with Gasteiger partial charge >= 0.3 is 0 Å². The Labute approximate surface area is 229 Å². The summed E-state index contributed by atoms with van der Waals surface area (Å²) in [6, 6.07) is 21.3. The molecule has 1 heterocycles. The van der Waals surface area contributed by atoms with Crippen LogP contribution in [-0.4, -0.2) is 63.9 Å². The van der Waals surface area contributed by atoms with E-state index in [4.69, 9.17) is 9.47 Å². The smallest absolute Gasteiger partial charge is 0.262 e. The minimum absolute atomic E-state index is 0.0355. The van der Waals surface area contributed by atoms with Gasteiger partial charge in [0.05, 0.1) is 30.8 Å². The van der Waals surface area contributed by atoms with E-state index in [0.29, 0.717) is 35.7 Å². The maximum atomic E-state index is 13.6. The number of fused-ring (bicyclic) bond motifs is 1. The summed E-state index contributed by atoms with van der Waals surface area (Å²) in [7, 11) is -2.44. The zero-order chi connectivity index (χ0) is 28.0. The first-order chi connectivity index (χ1) is 18.7. The Morgan fingerprint density at radius 2 is 1.79 bits per heavy atom. The number of methoxy groups -OCH3 is 1. The number of likely N-dealkylation sites (N-methyl/N-ethyl adjacent to an activating group) is 1. The van der Waals surface area contributed by atoms with Crippen LogP contribution in [0.1, 0.15) is 18.1 Å². The molecule has 0 radical (unpaired) electrons. The highest BCUT2D eigenvalue weighted by Gasteiger charge is 2.35. The van der Waals surface area contributed by atoms with Gasteiger partial charge in [-0.2, -0.15) is 4.31 Å². The Balaban J connectivity index is 1.49. The summed E-state index contributed by atoms with van der Waals surface area (Å²) in [5.41, 5.74) is 2.26. The Kier molecular flexibility index (Phi) is 8.88. The molecule has 1 aliphatic rings. The van der Waals surface area contributed by atoms with Crippen LogP contribution in [-0.2, 0) is 26.0 Å². The molecule has 39 heavy (non-hydrogen) atoms. The summed E-state index contributed by atoms with van der Waals surface area (Å²) in [6.07, 6.45) is -0.275.